The summed E-state index contributed by atoms with van der Waals surface area (Å²) < 4.78 is 0. The van der Waals surface area contributed by atoms with E-state index in [0.29, 0.717) is 6.54 Å². The summed E-state index contributed by atoms with van der Waals surface area (Å²) in [5.41, 5.74) is 2.12. The molecule has 3 nitrogen and oxygen atoms in total. The maximum absolute atomic E-state index is 11.9. The van der Waals surface area contributed by atoms with Crippen LogP contribution in [0.3, 0.4) is 0 Å². The molecule has 0 heterocycles. The zero-order valence-corrected chi connectivity index (χ0v) is 11.0. The highest BCUT2D eigenvalue weighted by Gasteiger charge is 2.08. The van der Waals surface area contributed by atoms with Gasteiger partial charge in [0.25, 0.3) is 0 Å². The highest BCUT2D eigenvalue weighted by atomic mass is 16.2. The molecule has 0 unspecified atom stereocenters. The normalized spacial score (nSPS) is 10.6. The second-order valence-electron chi connectivity index (χ2n) is 4.02. The van der Waals surface area contributed by atoms with Crippen LogP contribution in [0, 0.1) is 0 Å². The van der Waals surface area contributed by atoms with Crippen molar-refractivity contribution < 1.29 is 4.79 Å². The first-order valence-corrected chi connectivity index (χ1v) is 6.31. The minimum atomic E-state index is 0.0644. The largest absolute Gasteiger partial charge is 0.325 e. The van der Waals surface area contributed by atoms with Gasteiger partial charge in [-0.3, -0.25) is 9.69 Å². The van der Waals surface area contributed by atoms with E-state index in [9.17, 15) is 4.79 Å². The summed E-state index contributed by atoms with van der Waals surface area (Å²) in [4.78, 5) is 14.0. The van der Waals surface area contributed by atoms with E-state index in [-0.39, 0.29) is 5.91 Å². The van der Waals surface area contributed by atoms with Gasteiger partial charge in [-0.2, -0.15) is 0 Å². The lowest BCUT2D eigenvalue weighted by molar-refractivity contribution is -0.117. The lowest BCUT2D eigenvalue weighted by Crippen LogP contribution is -2.33. The predicted molar refractivity (Wildman–Crippen MR) is 72.2 cm³/mol. The average Bonchev–Trinajstić information content (AvgIpc) is 2.36. The van der Waals surface area contributed by atoms with Crippen LogP contribution in [0.15, 0.2) is 24.3 Å². The summed E-state index contributed by atoms with van der Waals surface area (Å²) in [5.74, 6) is 0.0644. The number of nitrogens with one attached hydrogen (secondary N) is 1. The highest BCUT2D eigenvalue weighted by Crippen LogP contribution is 2.15. The first-order valence-electron chi connectivity index (χ1n) is 6.31. The molecule has 0 aromatic heterocycles. The molecule has 0 aliphatic carbocycles. The summed E-state index contributed by atoms with van der Waals surface area (Å²) in [6.45, 7) is 8.49. The highest BCUT2D eigenvalue weighted by molar-refractivity contribution is 5.92. The van der Waals surface area contributed by atoms with E-state index in [4.69, 9.17) is 0 Å². The minimum Gasteiger partial charge on any atom is -0.325 e. The third-order valence-corrected chi connectivity index (χ3v) is 2.93. The molecule has 3 heteroatoms. The molecule has 1 aromatic carbocycles. The van der Waals surface area contributed by atoms with Gasteiger partial charge in [-0.15, -0.1) is 0 Å². The Morgan fingerprint density at radius 3 is 2.41 bits per heavy atom. The zero-order chi connectivity index (χ0) is 12.7. The Balaban J connectivity index is 2.61. The quantitative estimate of drug-likeness (QED) is 0.820. The molecule has 0 bridgehead atoms. The van der Waals surface area contributed by atoms with Gasteiger partial charge in [0.15, 0.2) is 0 Å². The number of amides is 1. The Labute approximate surface area is 104 Å². The van der Waals surface area contributed by atoms with E-state index < -0.39 is 0 Å². The van der Waals surface area contributed by atoms with Gasteiger partial charge in [0.1, 0.15) is 0 Å². The van der Waals surface area contributed by atoms with Crippen LogP contribution in [0.25, 0.3) is 0 Å². The number of nitrogens with zero attached hydrogens (tertiary/aromatic N) is 1. The SMILES string of the molecule is CCc1ccccc1NC(=O)CN(CC)CC. The van der Waals surface area contributed by atoms with Crippen molar-refractivity contribution in [3.8, 4) is 0 Å². The standard InChI is InChI=1S/C14H22N2O/c1-4-12-9-7-8-10-13(12)15-14(17)11-16(5-2)6-3/h7-10H,4-6,11H2,1-3H3,(H,15,17). The number of hydrogen-bond acceptors (Lipinski definition) is 2. The first-order chi connectivity index (χ1) is 8.21. The van der Waals surface area contributed by atoms with Crippen LogP contribution < -0.4 is 5.32 Å². The fraction of sp³-hybridized carbons (Fsp3) is 0.500. The molecule has 0 aliphatic heterocycles. The van der Waals surface area contributed by atoms with Gasteiger partial charge in [-0.05, 0) is 31.1 Å². The summed E-state index contributed by atoms with van der Waals surface area (Å²) in [6, 6.07) is 7.96. The van der Waals surface area contributed by atoms with Crippen molar-refractivity contribution in [1.82, 2.24) is 4.90 Å². The molecule has 1 amide bonds. The molecule has 94 valence electrons. The molecule has 0 aliphatic rings. The maximum atomic E-state index is 11.9. The van der Waals surface area contributed by atoms with Gasteiger partial charge in [0.05, 0.1) is 6.54 Å². The van der Waals surface area contributed by atoms with Crippen LogP contribution in [-0.4, -0.2) is 30.4 Å². The smallest absolute Gasteiger partial charge is 0.238 e. The molecule has 1 aromatic rings. The minimum absolute atomic E-state index is 0.0644. The molecule has 0 saturated heterocycles. The van der Waals surface area contributed by atoms with Gasteiger partial charge in [-0.25, -0.2) is 0 Å². The van der Waals surface area contributed by atoms with Crippen LogP contribution in [0.4, 0.5) is 5.69 Å². The number of benzene rings is 1. The Morgan fingerprint density at radius 1 is 1.18 bits per heavy atom. The van der Waals surface area contributed by atoms with Crippen molar-refractivity contribution in [1.29, 1.82) is 0 Å². The number of carbonyl (C=O) groups is 1. The average molecular weight is 234 g/mol. The molecule has 1 rings (SSSR count). The van der Waals surface area contributed by atoms with Gasteiger partial charge >= 0.3 is 0 Å². The molecular formula is C14H22N2O. The second kappa shape index (κ2) is 7.07. The van der Waals surface area contributed by atoms with E-state index in [1.165, 1.54) is 5.56 Å². The third-order valence-electron chi connectivity index (χ3n) is 2.93. The number of anilines is 1. The monoisotopic (exact) mass is 234 g/mol. The number of rotatable bonds is 6. The molecule has 0 fully saturated rings. The predicted octanol–water partition coefficient (Wildman–Crippen LogP) is 2.53. The van der Waals surface area contributed by atoms with E-state index in [1.54, 1.807) is 0 Å². The number of likely N-dealkylation sites (N-methyl/N-ethyl adjacent to an activating group) is 1. The summed E-state index contributed by atoms with van der Waals surface area (Å²) in [5, 5.41) is 2.98. The van der Waals surface area contributed by atoms with E-state index >= 15 is 0 Å². The molecule has 0 radical (unpaired) electrons. The fourth-order valence-electron chi connectivity index (χ4n) is 1.79. The van der Waals surface area contributed by atoms with Crippen molar-refractivity contribution in [2.45, 2.75) is 27.2 Å². The van der Waals surface area contributed by atoms with Crippen LogP contribution in [-0.2, 0) is 11.2 Å². The second-order valence-corrected chi connectivity index (χ2v) is 4.02. The molecule has 0 spiro atoms. The summed E-state index contributed by atoms with van der Waals surface area (Å²) in [6.07, 6.45) is 0.932. The lowest BCUT2D eigenvalue weighted by atomic mass is 10.1. The van der Waals surface area contributed by atoms with E-state index in [2.05, 4.69) is 31.0 Å². The molecule has 1 N–H and O–H groups in total. The number of aryl methyl sites for hydroxylation is 1. The summed E-state index contributed by atoms with van der Waals surface area (Å²) >= 11 is 0. The number of carbonyl (C=O) groups excluding carboxylic acids is 1. The first kappa shape index (κ1) is 13.7. The Kier molecular flexibility index (Phi) is 5.70. The molecule has 0 saturated carbocycles. The van der Waals surface area contributed by atoms with Gasteiger partial charge in [-0.1, -0.05) is 39.0 Å². The van der Waals surface area contributed by atoms with E-state index in [0.717, 1.165) is 25.2 Å². The van der Waals surface area contributed by atoms with Crippen LogP contribution in [0.2, 0.25) is 0 Å². The van der Waals surface area contributed by atoms with Crippen molar-refractivity contribution in [2.75, 3.05) is 25.0 Å². The van der Waals surface area contributed by atoms with Crippen LogP contribution in [0.5, 0.6) is 0 Å². The van der Waals surface area contributed by atoms with E-state index in [1.807, 2.05) is 24.3 Å². The van der Waals surface area contributed by atoms with Crippen molar-refractivity contribution >= 4 is 11.6 Å². The third kappa shape index (κ3) is 4.19. The van der Waals surface area contributed by atoms with Crippen molar-refractivity contribution in [3.05, 3.63) is 29.8 Å². The van der Waals surface area contributed by atoms with Gasteiger partial charge < -0.3 is 5.32 Å². The topological polar surface area (TPSA) is 32.3 Å². The van der Waals surface area contributed by atoms with Crippen molar-refractivity contribution in [2.24, 2.45) is 0 Å². The fourth-order valence-corrected chi connectivity index (χ4v) is 1.79. The maximum Gasteiger partial charge on any atom is 0.238 e. The van der Waals surface area contributed by atoms with Crippen molar-refractivity contribution in [3.63, 3.8) is 0 Å². The molecular weight excluding hydrogens is 212 g/mol. The number of hydrogen-bond donors (Lipinski definition) is 1. The Hall–Kier alpha value is -1.35. The summed E-state index contributed by atoms with van der Waals surface area (Å²) in [7, 11) is 0. The van der Waals surface area contributed by atoms with Gasteiger partial charge in [0, 0.05) is 5.69 Å². The van der Waals surface area contributed by atoms with Crippen LogP contribution in [0.1, 0.15) is 26.3 Å². The Morgan fingerprint density at radius 2 is 1.82 bits per heavy atom. The number of para-hydroxylation sites is 1. The Bertz CT molecular complexity index is 359. The van der Waals surface area contributed by atoms with Crippen LogP contribution >= 0.6 is 0 Å². The van der Waals surface area contributed by atoms with Gasteiger partial charge in [0.2, 0.25) is 5.91 Å². The molecule has 0 atom stereocenters. The lowest BCUT2D eigenvalue weighted by Gasteiger charge is -2.18. The molecule has 17 heavy (non-hydrogen) atoms. The zero-order valence-electron chi connectivity index (χ0n) is 11.0.